The van der Waals surface area contributed by atoms with E-state index in [1.807, 2.05) is 4.90 Å². The second-order valence-corrected chi connectivity index (χ2v) is 4.42. The number of hydrogen-bond donors (Lipinski definition) is 1. The van der Waals surface area contributed by atoms with E-state index in [9.17, 15) is 4.79 Å². The molecule has 0 radical (unpaired) electrons. The van der Waals surface area contributed by atoms with E-state index >= 15 is 0 Å². The van der Waals surface area contributed by atoms with Crippen LogP contribution in [0.4, 0.5) is 0 Å². The lowest BCUT2D eigenvalue weighted by molar-refractivity contribution is 0.0520. The van der Waals surface area contributed by atoms with E-state index in [2.05, 4.69) is 19.2 Å². The van der Waals surface area contributed by atoms with Crippen LogP contribution in [-0.2, 0) is 0 Å². The summed E-state index contributed by atoms with van der Waals surface area (Å²) in [5, 5.41) is 3.48. The second-order valence-electron chi connectivity index (χ2n) is 4.42. The molecular weight excluding hydrogens is 216 g/mol. The number of amides is 1. The molecule has 0 bridgehead atoms. The van der Waals surface area contributed by atoms with E-state index in [4.69, 9.17) is 4.42 Å². The van der Waals surface area contributed by atoms with Crippen LogP contribution in [0.2, 0.25) is 0 Å². The molecule has 2 atom stereocenters. The van der Waals surface area contributed by atoms with Gasteiger partial charge in [0.05, 0.1) is 6.26 Å². The number of furan rings is 1. The Hall–Kier alpha value is -1.29. The molecule has 0 saturated carbocycles. The monoisotopic (exact) mass is 236 g/mol. The highest BCUT2D eigenvalue weighted by Crippen LogP contribution is 2.18. The summed E-state index contributed by atoms with van der Waals surface area (Å²) in [5.41, 5.74) is 0. The molecule has 4 nitrogen and oxygen atoms in total. The van der Waals surface area contributed by atoms with Crippen molar-refractivity contribution in [2.75, 3.05) is 13.1 Å². The number of nitrogens with zero attached hydrogens (tertiary/aromatic N) is 1. The molecular formula is C13H20N2O2. The van der Waals surface area contributed by atoms with Gasteiger partial charge >= 0.3 is 0 Å². The van der Waals surface area contributed by atoms with E-state index in [1.165, 1.54) is 0 Å². The Morgan fingerprint density at radius 1 is 1.53 bits per heavy atom. The van der Waals surface area contributed by atoms with Crippen molar-refractivity contribution in [2.45, 2.75) is 38.8 Å². The molecule has 17 heavy (non-hydrogen) atoms. The van der Waals surface area contributed by atoms with Crippen LogP contribution in [0.25, 0.3) is 0 Å². The summed E-state index contributed by atoms with van der Waals surface area (Å²) in [6.45, 7) is 5.90. The van der Waals surface area contributed by atoms with Gasteiger partial charge in [-0.15, -0.1) is 0 Å². The van der Waals surface area contributed by atoms with Gasteiger partial charge < -0.3 is 14.6 Å². The van der Waals surface area contributed by atoms with Crippen molar-refractivity contribution in [2.24, 2.45) is 0 Å². The van der Waals surface area contributed by atoms with Crippen LogP contribution in [0.1, 0.15) is 37.2 Å². The third-order valence-corrected chi connectivity index (χ3v) is 3.47. The molecule has 0 aliphatic carbocycles. The van der Waals surface area contributed by atoms with E-state index in [0.717, 1.165) is 25.9 Å². The maximum atomic E-state index is 12.3. The van der Waals surface area contributed by atoms with Crippen molar-refractivity contribution >= 4 is 5.91 Å². The Bertz CT molecular complexity index is 362. The van der Waals surface area contributed by atoms with Crippen molar-refractivity contribution in [1.29, 1.82) is 0 Å². The first kappa shape index (κ1) is 12.2. The van der Waals surface area contributed by atoms with Gasteiger partial charge in [0.25, 0.3) is 5.91 Å². The third kappa shape index (κ3) is 2.36. The smallest absolute Gasteiger partial charge is 0.289 e. The molecule has 0 spiro atoms. The van der Waals surface area contributed by atoms with Gasteiger partial charge in [0.1, 0.15) is 0 Å². The molecule has 1 fully saturated rings. The molecule has 1 aliphatic heterocycles. The quantitative estimate of drug-likeness (QED) is 0.871. The maximum Gasteiger partial charge on any atom is 0.289 e. The molecule has 1 aromatic heterocycles. The third-order valence-electron chi connectivity index (χ3n) is 3.47. The fraction of sp³-hybridized carbons (Fsp3) is 0.615. The zero-order chi connectivity index (χ0) is 12.3. The summed E-state index contributed by atoms with van der Waals surface area (Å²) in [4.78, 5) is 14.2. The first-order chi connectivity index (χ1) is 8.27. The van der Waals surface area contributed by atoms with E-state index < -0.39 is 0 Å². The molecule has 2 heterocycles. The predicted octanol–water partition coefficient (Wildman–Crippen LogP) is 1.88. The largest absolute Gasteiger partial charge is 0.459 e. The SMILES string of the molecule is CC[C@@H]1NCCN(C(=O)c2ccco2)[C@@H]1CC. The van der Waals surface area contributed by atoms with Crippen LogP contribution in [0, 0.1) is 0 Å². The summed E-state index contributed by atoms with van der Waals surface area (Å²) in [6, 6.07) is 4.16. The second kappa shape index (κ2) is 5.36. The molecule has 1 aliphatic rings. The molecule has 4 heteroatoms. The topological polar surface area (TPSA) is 45.5 Å². The Kier molecular flexibility index (Phi) is 3.84. The molecule has 94 valence electrons. The van der Waals surface area contributed by atoms with Gasteiger partial charge in [-0.1, -0.05) is 13.8 Å². The van der Waals surface area contributed by atoms with E-state index in [1.54, 1.807) is 18.4 Å². The van der Waals surface area contributed by atoms with E-state index in [0.29, 0.717) is 11.8 Å². The van der Waals surface area contributed by atoms with Crippen LogP contribution >= 0.6 is 0 Å². The Morgan fingerprint density at radius 3 is 2.94 bits per heavy atom. The van der Waals surface area contributed by atoms with Crippen molar-refractivity contribution in [1.82, 2.24) is 10.2 Å². The number of nitrogens with one attached hydrogen (secondary N) is 1. The molecule has 1 saturated heterocycles. The zero-order valence-corrected chi connectivity index (χ0v) is 10.5. The highest BCUT2D eigenvalue weighted by molar-refractivity contribution is 5.91. The first-order valence-electron chi connectivity index (χ1n) is 6.35. The number of rotatable bonds is 3. The lowest BCUT2D eigenvalue weighted by Crippen LogP contribution is -2.59. The average molecular weight is 236 g/mol. The van der Waals surface area contributed by atoms with Gasteiger partial charge in [0.2, 0.25) is 0 Å². The van der Waals surface area contributed by atoms with Crippen LogP contribution in [0.3, 0.4) is 0 Å². The van der Waals surface area contributed by atoms with Crippen LogP contribution < -0.4 is 5.32 Å². The maximum absolute atomic E-state index is 12.3. The van der Waals surface area contributed by atoms with Crippen molar-refractivity contribution < 1.29 is 9.21 Å². The lowest BCUT2D eigenvalue weighted by Gasteiger charge is -2.41. The minimum atomic E-state index is 0.0156. The van der Waals surface area contributed by atoms with Gasteiger partial charge in [0, 0.05) is 25.2 Å². The number of carbonyl (C=O) groups is 1. The first-order valence-corrected chi connectivity index (χ1v) is 6.35. The molecule has 1 amide bonds. The molecule has 1 N–H and O–H groups in total. The minimum Gasteiger partial charge on any atom is -0.459 e. The van der Waals surface area contributed by atoms with E-state index in [-0.39, 0.29) is 11.9 Å². The number of piperazine rings is 1. The highest BCUT2D eigenvalue weighted by atomic mass is 16.3. The van der Waals surface area contributed by atoms with Gasteiger partial charge in [-0.2, -0.15) is 0 Å². The lowest BCUT2D eigenvalue weighted by atomic mass is 9.98. The summed E-state index contributed by atoms with van der Waals surface area (Å²) >= 11 is 0. The van der Waals surface area contributed by atoms with Crippen LogP contribution in [0.5, 0.6) is 0 Å². The number of hydrogen-bond acceptors (Lipinski definition) is 3. The zero-order valence-electron chi connectivity index (χ0n) is 10.5. The van der Waals surface area contributed by atoms with Crippen molar-refractivity contribution in [3.8, 4) is 0 Å². The van der Waals surface area contributed by atoms with Crippen LogP contribution in [0.15, 0.2) is 22.8 Å². The summed E-state index contributed by atoms with van der Waals surface area (Å²) in [5.74, 6) is 0.460. The highest BCUT2D eigenvalue weighted by Gasteiger charge is 2.33. The standard InChI is InChI=1S/C13H20N2O2/c1-3-10-11(4-2)15(8-7-14-10)13(16)12-6-5-9-17-12/h5-6,9-11,14H,3-4,7-8H2,1-2H3/t10-,11+/m0/s1. The fourth-order valence-electron chi connectivity index (χ4n) is 2.60. The van der Waals surface area contributed by atoms with Gasteiger partial charge in [-0.25, -0.2) is 0 Å². The molecule has 0 aromatic carbocycles. The average Bonchev–Trinajstić information content (AvgIpc) is 2.90. The Morgan fingerprint density at radius 2 is 2.35 bits per heavy atom. The molecule has 2 rings (SSSR count). The van der Waals surface area contributed by atoms with Crippen molar-refractivity contribution in [3.05, 3.63) is 24.2 Å². The molecule has 1 aromatic rings. The van der Waals surface area contributed by atoms with Crippen molar-refractivity contribution in [3.63, 3.8) is 0 Å². The summed E-state index contributed by atoms with van der Waals surface area (Å²) in [7, 11) is 0. The number of carbonyl (C=O) groups excluding carboxylic acids is 1. The fourth-order valence-corrected chi connectivity index (χ4v) is 2.60. The normalized spacial score (nSPS) is 24.9. The summed E-state index contributed by atoms with van der Waals surface area (Å²) < 4.78 is 5.20. The predicted molar refractivity (Wildman–Crippen MR) is 65.9 cm³/mol. The van der Waals surface area contributed by atoms with Gasteiger partial charge in [-0.3, -0.25) is 4.79 Å². The Labute approximate surface area is 102 Å². The van der Waals surface area contributed by atoms with Gasteiger partial charge in [0.15, 0.2) is 5.76 Å². The van der Waals surface area contributed by atoms with Crippen LogP contribution in [-0.4, -0.2) is 36.0 Å². The Balaban J connectivity index is 2.15. The molecule has 0 unspecified atom stereocenters. The summed E-state index contributed by atoms with van der Waals surface area (Å²) in [6.07, 6.45) is 3.56. The minimum absolute atomic E-state index is 0.0156. The van der Waals surface area contributed by atoms with Gasteiger partial charge in [-0.05, 0) is 25.0 Å².